The SMILES string of the molecule is COc1cccc([C@H]2NC(=O)c3ccccc3N2CC(N)=O)c1. The fourth-order valence-corrected chi connectivity index (χ4v) is 2.75. The number of ether oxygens (including phenoxy) is 1. The molecule has 0 bridgehead atoms. The van der Waals surface area contributed by atoms with Crippen molar-refractivity contribution in [1.82, 2.24) is 5.32 Å². The summed E-state index contributed by atoms with van der Waals surface area (Å²) < 4.78 is 5.24. The van der Waals surface area contributed by atoms with Crippen molar-refractivity contribution in [2.45, 2.75) is 6.17 Å². The molecule has 6 nitrogen and oxygen atoms in total. The maximum absolute atomic E-state index is 12.4. The standard InChI is InChI=1S/C17H17N3O3/c1-23-12-6-4-5-11(9-12)16-19-17(22)13-7-2-3-8-14(13)20(16)10-15(18)21/h2-9,16H,10H2,1H3,(H2,18,21)(H,19,22)/t16-/m0/s1. The molecule has 118 valence electrons. The second-order valence-corrected chi connectivity index (χ2v) is 5.26. The van der Waals surface area contributed by atoms with E-state index in [1.165, 1.54) is 0 Å². The minimum absolute atomic E-state index is 0.000824. The molecule has 2 aromatic rings. The van der Waals surface area contributed by atoms with Crippen LogP contribution < -0.4 is 20.7 Å². The minimum atomic E-state index is -0.486. The quantitative estimate of drug-likeness (QED) is 0.894. The van der Waals surface area contributed by atoms with Crippen LogP contribution in [0.2, 0.25) is 0 Å². The Morgan fingerprint density at radius 1 is 1.26 bits per heavy atom. The van der Waals surface area contributed by atoms with Crippen LogP contribution in [0.25, 0.3) is 0 Å². The fraction of sp³-hybridized carbons (Fsp3) is 0.176. The van der Waals surface area contributed by atoms with E-state index in [1.807, 2.05) is 36.4 Å². The van der Waals surface area contributed by atoms with Gasteiger partial charge in [0, 0.05) is 0 Å². The third-order valence-corrected chi connectivity index (χ3v) is 3.77. The number of fused-ring (bicyclic) bond motifs is 1. The number of hydrogen-bond donors (Lipinski definition) is 2. The number of amides is 2. The lowest BCUT2D eigenvalue weighted by atomic mass is 10.0. The molecule has 1 heterocycles. The van der Waals surface area contributed by atoms with Gasteiger partial charge in [-0.1, -0.05) is 24.3 Å². The average Bonchev–Trinajstić information content (AvgIpc) is 2.57. The van der Waals surface area contributed by atoms with Gasteiger partial charge in [-0.25, -0.2) is 0 Å². The molecule has 0 saturated heterocycles. The van der Waals surface area contributed by atoms with Crippen LogP contribution in [0.1, 0.15) is 22.1 Å². The van der Waals surface area contributed by atoms with Gasteiger partial charge in [0.1, 0.15) is 11.9 Å². The molecule has 0 spiro atoms. The third kappa shape index (κ3) is 2.83. The van der Waals surface area contributed by atoms with E-state index >= 15 is 0 Å². The number of primary amides is 1. The predicted molar refractivity (Wildman–Crippen MR) is 86.2 cm³/mol. The number of nitrogens with zero attached hydrogens (tertiary/aromatic N) is 1. The second-order valence-electron chi connectivity index (χ2n) is 5.26. The van der Waals surface area contributed by atoms with E-state index < -0.39 is 12.1 Å². The molecule has 3 N–H and O–H groups in total. The summed E-state index contributed by atoms with van der Waals surface area (Å²) in [5.74, 6) is 0.0209. The molecule has 0 radical (unpaired) electrons. The number of nitrogens with one attached hydrogen (secondary N) is 1. The highest BCUT2D eigenvalue weighted by atomic mass is 16.5. The predicted octanol–water partition coefficient (Wildman–Crippen LogP) is 1.43. The molecule has 2 aromatic carbocycles. The average molecular weight is 311 g/mol. The van der Waals surface area contributed by atoms with E-state index in [0.29, 0.717) is 17.0 Å². The number of carbonyl (C=O) groups is 2. The van der Waals surface area contributed by atoms with Crippen LogP contribution in [-0.4, -0.2) is 25.5 Å². The number of methoxy groups -OCH3 is 1. The van der Waals surface area contributed by atoms with Crippen LogP contribution >= 0.6 is 0 Å². The summed E-state index contributed by atoms with van der Waals surface area (Å²) in [4.78, 5) is 25.7. The summed E-state index contributed by atoms with van der Waals surface area (Å²) in [6, 6.07) is 14.5. The van der Waals surface area contributed by atoms with Gasteiger partial charge in [0.05, 0.1) is 24.9 Å². The number of nitrogens with two attached hydrogens (primary N) is 1. The van der Waals surface area contributed by atoms with Gasteiger partial charge < -0.3 is 20.7 Å². The number of anilines is 1. The number of benzene rings is 2. The van der Waals surface area contributed by atoms with Crippen molar-refractivity contribution in [3.63, 3.8) is 0 Å². The largest absolute Gasteiger partial charge is 0.497 e. The topological polar surface area (TPSA) is 84.7 Å². The van der Waals surface area contributed by atoms with Crippen molar-refractivity contribution in [1.29, 1.82) is 0 Å². The Balaban J connectivity index is 2.08. The van der Waals surface area contributed by atoms with Crippen molar-refractivity contribution in [2.24, 2.45) is 5.73 Å². The molecular formula is C17H17N3O3. The van der Waals surface area contributed by atoms with Gasteiger partial charge in [0.25, 0.3) is 5.91 Å². The highest BCUT2D eigenvalue weighted by Crippen LogP contribution is 2.33. The van der Waals surface area contributed by atoms with Crippen LogP contribution in [0.15, 0.2) is 48.5 Å². The summed E-state index contributed by atoms with van der Waals surface area (Å²) in [6.45, 7) is -0.000824. The highest BCUT2D eigenvalue weighted by molar-refractivity contribution is 6.02. The molecule has 1 aliphatic heterocycles. The molecule has 23 heavy (non-hydrogen) atoms. The normalized spacial score (nSPS) is 16.5. The highest BCUT2D eigenvalue weighted by Gasteiger charge is 2.32. The minimum Gasteiger partial charge on any atom is -0.497 e. The van der Waals surface area contributed by atoms with Crippen molar-refractivity contribution >= 4 is 17.5 Å². The second kappa shape index (κ2) is 6.00. The fourth-order valence-electron chi connectivity index (χ4n) is 2.75. The molecule has 6 heteroatoms. The summed E-state index contributed by atoms with van der Waals surface area (Å²) in [5.41, 5.74) is 7.41. The smallest absolute Gasteiger partial charge is 0.255 e. The van der Waals surface area contributed by atoms with E-state index in [2.05, 4.69) is 5.32 Å². The molecule has 1 aliphatic rings. The Hall–Kier alpha value is -3.02. The number of para-hydroxylation sites is 1. The van der Waals surface area contributed by atoms with Crippen LogP contribution in [0.4, 0.5) is 5.69 Å². The van der Waals surface area contributed by atoms with Gasteiger partial charge in [-0.15, -0.1) is 0 Å². The maximum Gasteiger partial charge on any atom is 0.255 e. The first-order valence-electron chi connectivity index (χ1n) is 7.19. The van der Waals surface area contributed by atoms with E-state index in [1.54, 1.807) is 24.1 Å². The van der Waals surface area contributed by atoms with Gasteiger partial charge in [0.2, 0.25) is 5.91 Å². The van der Waals surface area contributed by atoms with Gasteiger partial charge in [-0.2, -0.15) is 0 Å². The Morgan fingerprint density at radius 3 is 2.78 bits per heavy atom. The first-order valence-corrected chi connectivity index (χ1v) is 7.19. The van der Waals surface area contributed by atoms with Crippen LogP contribution in [-0.2, 0) is 4.79 Å². The van der Waals surface area contributed by atoms with Crippen LogP contribution in [0.3, 0.4) is 0 Å². The molecule has 3 rings (SSSR count). The van der Waals surface area contributed by atoms with Crippen molar-refractivity contribution in [2.75, 3.05) is 18.6 Å². The van der Waals surface area contributed by atoms with Gasteiger partial charge in [0.15, 0.2) is 0 Å². The Kier molecular flexibility index (Phi) is 3.89. The molecule has 0 saturated carbocycles. The first kappa shape index (κ1) is 14.9. The zero-order chi connectivity index (χ0) is 16.4. The van der Waals surface area contributed by atoms with Crippen molar-refractivity contribution in [3.8, 4) is 5.75 Å². The van der Waals surface area contributed by atoms with Crippen LogP contribution in [0, 0.1) is 0 Å². The lowest BCUT2D eigenvalue weighted by Gasteiger charge is -2.38. The zero-order valence-corrected chi connectivity index (χ0v) is 12.7. The Bertz CT molecular complexity index is 760. The monoisotopic (exact) mass is 311 g/mol. The van der Waals surface area contributed by atoms with E-state index in [0.717, 1.165) is 5.56 Å². The molecule has 1 atom stereocenters. The maximum atomic E-state index is 12.4. The van der Waals surface area contributed by atoms with Crippen molar-refractivity contribution < 1.29 is 14.3 Å². The Labute approximate surface area is 133 Å². The number of rotatable bonds is 4. The summed E-state index contributed by atoms with van der Waals surface area (Å²) in [7, 11) is 1.58. The summed E-state index contributed by atoms with van der Waals surface area (Å²) in [6.07, 6.45) is -0.486. The summed E-state index contributed by atoms with van der Waals surface area (Å²) in [5, 5.41) is 2.92. The third-order valence-electron chi connectivity index (χ3n) is 3.77. The molecule has 0 unspecified atom stereocenters. The Morgan fingerprint density at radius 2 is 2.04 bits per heavy atom. The number of hydrogen-bond acceptors (Lipinski definition) is 4. The lowest BCUT2D eigenvalue weighted by Crippen LogP contribution is -2.49. The van der Waals surface area contributed by atoms with E-state index in [9.17, 15) is 9.59 Å². The molecule has 0 aromatic heterocycles. The molecule has 2 amide bonds. The van der Waals surface area contributed by atoms with E-state index in [4.69, 9.17) is 10.5 Å². The summed E-state index contributed by atoms with van der Waals surface area (Å²) >= 11 is 0. The van der Waals surface area contributed by atoms with Gasteiger partial charge in [-0.3, -0.25) is 9.59 Å². The van der Waals surface area contributed by atoms with Gasteiger partial charge >= 0.3 is 0 Å². The number of carbonyl (C=O) groups excluding carboxylic acids is 2. The molecular weight excluding hydrogens is 294 g/mol. The van der Waals surface area contributed by atoms with Gasteiger partial charge in [-0.05, 0) is 29.8 Å². The van der Waals surface area contributed by atoms with E-state index in [-0.39, 0.29) is 12.5 Å². The van der Waals surface area contributed by atoms with Crippen molar-refractivity contribution in [3.05, 3.63) is 59.7 Å². The molecule has 0 aliphatic carbocycles. The zero-order valence-electron chi connectivity index (χ0n) is 12.7. The first-order chi connectivity index (χ1) is 11.1. The molecule has 0 fully saturated rings. The lowest BCUT2D eigenvalue weighted by molar-refractivity contribution is -0.116. The van der Waals surface area contributed by atoms with Crippen LogP contribution in [0.5, 0.6) is 5.75 Å².